The molecule has 1 amide bonds. The molecule has 0 atom stereocenters. The average Bonchev–Trinajstić information content (AvgIpc) is 3.27. The molecular formula is C29H29N7O5S. The maximum atomic E-state index is 12.3. The first-order valence-corrected chi connectivity index (χ1v) is 14.8. The molecular weight excluding hydrogens is 558 g/mol. The third-order valence-corrected chi connectivity index (χ3v) is 7.40. The van der Waals surface area contributed by atoms with Crippen LogP contribution in [0.3, 0.4) is 0 Å². The molecule has 0 radical (unpaired) electrons. The summed E-state index contributed by atoms with van der Waals surface area (Å²) in [5, 5.41) is 13.2. The van der Waals surface area contributed by atoms with E-state index < -0.39 is 15.9 Å². The Hall–Kier alpha value is -5.17. The van der Waals surface area contributed by atoms with Gasteiger partial charge in [0.25, 0.3) is 0 Å². The number of hydrogen-bond donors (Lipinski definition) is 2. The number of anilines is 6. The summed E-state index contributed by atoms with van der Waals surface area (Å²) in [4.78, 5) is 28.8. The number of imidazole rings is 1. The fourth-order valence-corrected chi connectivity index (χ4v) is 5.31. The van der Waals surface area contributed by atoms with Crippen molar-refractivity contribution in [2.75, 3.05) is 35.5 Å². The fourth-order valence-electron chi connectivity index (χ4n) is 4.53. The summed E-state index contributed by atoms with van der Waals surface area (Å²) in [6.45, 7) is 0. The topological polar surface area (TPSA) is 143 Å². The third-order valence-electron chi connectivity index (χ3n) is 6.55. The van der Waals surface area contributed by atoms with Gasteiger partial charge in [0.2, 0.25) is 11.9 Å². The second-order valence-corrected chi connectivity index (χ2v) is 11.8. The first kappa shape index (κ1) is 28.4. The van der Waals surface area contributed by atoms with Gasteiger partial charge in [-0.25, -0.2) is 28.1 Å². The summed E-state index contributed by atoms with van der Waals surface area (Å²) >= 11 is 0. The predicted octanol–water partition coefficient (Wildman–Crippen LogP) is 5.24. The van der Waals surface area contributed by atoms with Crippen molar-refractivity contribution in [2.24, 2.45) is 7.05 Å². The van der Waals surface area contributed by atoms with Crippen LogP contribution in [0.25, 0.3) is 11.0 Å². The maximum Gasteiger partial charge on any atom is 0.418 e. The summed E-state index contributed by atoms with van der Waals surface area (Å²) < 4.78 is 30.3. The van der Waals surface area contributed by atoms with Crippen molar-refractivity contribution in [1.29, 1.82) is 0 Å². The van der Waals surface area contributed by atoms with Crippen LogP contribution in [-0.2, 0) is 22.6 Å². The van der Waals surface area contributed by atoms with Crippen LogP contribution < -0.4 is 19.9 Å². The van der Waals surface area contributed by atoms with Crippen LogP contribution in [0, 0.1) is 0 Å². The summed E-state index contributed by atoms with van der Waals surface area (Å²) in [5.41, 5.74) is 3.89. The first-order chi connectivity index (χ1) is 20.0. The van der Waals surface area contributed by atoms with Crippen molar-refractivity contribution in [1.82, 2.24) is 19.5 Å². The number of aromatic nitrogens is 4. The number of nitrogens with zero attached hydrogens (tertiary/aromatic N) is 6. The number of amides is 1. The normalized spacial score (nSPS) is 11.3. The van der Waals surface area contributed by atoms with Gasteiger partial charge in [0.15, 0.2) is 9.84 Å². The van der Waals surface area contributed by atoms with Gasteiger partial charge in [-0.15, -0.1) is 0 Å². The number of fused-ring (bicyclic) bond motifs is 1. The number of hydrogen-bond acceptors (Lipinski definition) is 9. The highest BCUT2D eigenvalue weighted by Gasteiger charge is 2.23. The summed E-state index contributed by atoms with van der Waals surface area (Å²) in [6, 6.07) is 21.2. The van der Waals surface area contributed by atoms with Crippen LogP contribution in [-0.4, -0.2) is 59.5 Å². The van der Waals surface area contributed by atoms with E-state index in [-0.39, 0.29) is 11.7 Å². The molecule has 0 aliphatic heterocycles. The number of rotatable bonds is 9. The molecule has 0 spiro atoms. The Bertz CT molecular complexity index is 1870. The van der Waals surface area contributed by atoms with Crippen molar-refractivity contribution in [2.45, 2.75) is 5.75 Å². The Morgan fingerprint density at radius 3 is 2.45 bits per heavy atom. The second-order valence-electron chi connectivity index (χ2n) is 9.65. The molecule has 42 heavy (non-hydrogen) atoms. The van der Waals surface area contributed by atoms with E-state index in [1.807, 2.05) is 36.2 Å². The lowest BCUT2D eigenvalue weighted by Gasteiger charge is -2.19. The van der Waals surface area contributed by atoms with Crippen LogP contribution in [0.4, 0.5) is 39.6 Å². The minimum Gasteiger partial charge on any atom is -0.497 e. The van der Waals surface area contributed by atoms with Crippen molar-refractivity contribution in [3.63, 3.8) is 0 Å². The number of carbonyl (C=O) groups is 1. The molecule has 0 unspecified atom stereocenters. The quantitative estimate of drug-likeness (QED) is 0.235. The standard InChI is InChI=1S/C29H29N7O5S/c1-34(26-14-15-30-27(33-26)31-20-7-5-6-19(16-20)18-42(4,39)40)22-10-13-25-24(17-22)32-28(35(25)2)36(29(37)38)21-8-11-23(41-3)12-9-21/h5-17H,18H2,1-4H3,(H,37,38)(H,30,31,33). The molecule has 0 aliphatic rings. The van der Waals surface area contributed by atoms with Gasteiger partial charge in [0.05, 0.1) is 29.6 Å². The first-order valence-electron chi connectivity index (χ1n) is 12.8. The summed E-state index contributed by atoms with van der Waals surface area (Å²) in [7, 11) is 2.00. The second kappa shape index (κ2) is 11.4. The fraction of sp³-hybridized carbons (Fsp3) is 0.172. The summed E-state index contributed by atoms with van der Waals surface area (Å²) in [6.07, 6.45) is 1.65. The number of aryl methyl sites for hydroxylation is 1. The molecule has 2 aromatic heterocycles. The van der Waals surface area contributed by atoms with Crippen LogP contribution in [0.5, 0.6) is 5.75 Å². The zero-order valence-corrected chi connectivity index (χ0v) is 24.2. The van der Waals surface area contributed by atoms with Gasteiger partial charge >= 0.3 is 6.09 Å². The van der Waals surface area contributed by atoms with Crippen molar-refractivity contribution >= 4 is 61.7 Å². The Labute approximate surface area is 242 Å². The lowest BCUT2D eigenvalue weighted by atomic mass is 10.2. The molecule has 5 aromatic rings. The van der Waals surface area contributed by atoms with E-state index in [1.54, 1.807) is 73.5 Å². The predicted molar refractivity (Wildman–Crippen MR) is 162 cm³/mol. The van der Waals surface area contributed by atoms with Gasteiger partial charge < -0.3 is 24.6 Å². The molecule has 2 N–H and O–H groups in total. The Kier molecular flexibility index (Phi) is 7.68. The van der Waals surface area contributed by atoms with E-state index in [4.69, 9.17) is 4.74 Å². The number of ether oxygens (including phenoxy) is 1. The van der Waals surface area contributed by atoms with Gasteiger partial charge in [-0.2, -0.15) is 4.98 Å². The lowest BCUT2D eigenvalue weighted by Crippen LogP contribution is -2.26. The number of methoxy groups -OCH3 is 1. The van der Waals surface area contributed by atoms with E-state index in [1.165, 1.54) is 6.26 Å². The Morgan fingerprint density at radius 2 is 1.76 bits per heavy atom. The SMILES string of the molecule is COc1ccc(N(C(=O)O)c2nc3cc(N(C)c4ccnc(Nc5cccc(CS(C)(=O)=O)c5)n4)ccc3n2C)cc1. The zero-order chi connectivity index (χ0) is 30.0. The minimum absolute atomic E-state index is 0.0613. The highest BCUT2D eigenvalue weighted by Crippen LogP contribution is 2.32. The molecule has 0 fully saturated rings. The Morgan fingerprint density at radius 1 is 1.02 bits per heavy atom. The Balaban J connectivity index is 1.41. The van der Waals surface area contributed by atoms with Gasteiger partial charge in [-0.05, 0) is 66.2 Å². The van der Waals surface area contributed by atoms with E-state index in [9.17, 15) is 18.3 Å². The van der Waals surface area contributed by atoms with Crippen molar-refractivity contribution in [3.05, 3.63) is 84.6 Å². The van der Waals surface area contributed by atoms with Crippen LogP contribution in [0.1, 0.15) is 5.56 Å². The maximum absolute atomic E-state index is 12.3. The van der Waals surface area contributed by atoms with E-state index in [2.05, 4.69) is 20.3 Å². The number of benzene rings is 3. The van der Waals surface area contributed by atoms with Gasteiger partial charge in [0.1, 0.15) is 11.6 Å². The number of carboxylic acid groups (broad SMARTS) is 1. The molecule has 0 saturated carbocycles. The average molecular weight is 588 g/mol. The molecule has 2 heterocycles. The minimum atomic E-state index is -3.17. The van der Waals surface area contributed by atoms with Gasteiger partial charge in [0, 0.05) is 37.9 Å². The highest BCUT2D eigenvalue weighted by atomic mass is 32.2. The molecule has 12 nitrogen and oxygen atoms in total. The molecule has 5 rings (SSSR count). The molecule has 0 aliphatic carbocycles. The molecule has 0 bridgehead atoms. The molecule has 216 valence electrons. The summed E-state index contributed by atoms with van der Waals surface area (Å²) in [5.74, 6) is 1.74. The van der Waals surface area contributed by atoms with Gasteiger partial charge in [-0.3, -0.25) is 0 Å². The molecule has 0 saturated heterocycles. The lowest BCUT2D eigenvalue weighted by molar-refractivity contribution is 0.204. The van der Waals surface area contributed by atoms with Crippen LogP contribution in [0.2, 0.25) is 0 Å². The molecule has 13 heteroatoms. The van der Waals surface area contributed by atoms with E-state index in [0.717, 1.165) is 16.1 Å². The molecule has 3 aromatic carbocycles. The number of nitrogens with one attached hydrogen (secondary N) is 1. The highest BCUT2D eigenvalue weighted by molar-refractivity contribution is 7.89. The monoisotopic (exact) mass is 587 g/mol. The van der Waals surface area contributed by atoms with E-state index in [0.29, 0.717) is 40.0 Å². The van der Waals surface area contributed by atoms with Crippen LogP contribution in [0.15, 0.2) is 79.0 Å². The van der Waals surface area contributed by atoms with Crippen molar-refractivity contribution < 1.29 is 23.1 Å². The largest absolute Gasteiger partial charge is 0.497 e. The third kappa shape index (κ3) is 6.10. The van der Waals surface area contributed by atoms with Crippen LogP contribution >= 0.6 is 0 Å². The number of sulfone groups is 1. The zero-order valence-electron chi connectivity index (χ0n) is 23.4. The van der Waals surface area contributed by atoms with Crippen molar-refractivity contribution in [3.8, 4) is 5.75 Å². The van der Waals surface area contributed by atoms with Gasteiger partial charge in [-0.1, -0.05) is 12.1 Å². The smallest absolute Gasteiger partial charge is 0.418 e. The van der Waals surface area contributed by atoms with E-state index >= 15 is 0 Å².